The summed E-state index contributed by atoms with van der Waals surface area (Å²) < 4.78 is 2.46. The Morgan fingerprint density at radius 3 is 2.46 bits per heavy atom. The fourth-order valence-electron chi connectivity index (χ4n) is 3.88. The fourth-order valence-corrected chi connectivity index (χ4v) is 3.88. The Labute approximate surface area is 143 Å². The van der Waals surface area contributed by atoms with Gasteiger partial charge in [-0.05, 0) is 50.3 Å². The number of anilines is 1. The lowest BCUT2D eigenvalue weighted by Gasteiger charge is -2.28. The quantitative estimate of drug-likeness (QED) is 0.698. The first-order valence-corrected chi connectivity index (χ1v) is 8.99. The van der Waals surface area contributed by atoms with Crippen molar-refractivity contribution in [3.05, 3.63) is 59.4 Å². The van der Waals surface area contributed by atoms with E-state index in [4.69, 9.17) is 4.98 Å². The van der Waals surface area contributed by atoms with Crippen molar-refractivity contribution in [2.45, 2.75) is 39.7 Å². The summed E-state index contributed by atoms with van der Waals surface area (Å²) in [6.45, 7) is 7.63. The fraction of sp³-hybridized carbons (Fsp3) is 0.381. The molecule has 2 aromatic heterocycles. The van der Waals surface area contributed by atoms with E-state index in [0.717, 1.165) is 19.6 Å². The molecule has 1 saturated heterocycles. The Bertz CT molecular complexity index is 842. The van der Waals surface area contributed by atoms with Gasteiger partial charge in [-0.3, -0.25) is 0 Å². The summed E-state index contributed by atoms with van der Waals surface area (Å²) >= 11 is 0. The molecule has 0 aliphatic carbocycles. The third kappa shape index (κ3) is 2.58. The van der Waals surface area contributed by atoms with E-state index < -0.39 is 0 Å². The average molecular weight is 319 g/mol. The van der Waals surface area contributed by atoms with Crippen molar-refractivity contribution >= 4 is 16.7 Å². The number of aromatic nitrogens is 2. The van der Waals surface area contributed by atoms with E-state index in [1.165, 1.54) is 52.8 Å². The molecular formula is C21H25N3. The molecule has 3 aromatic rings. The van der Waals surface area contributed by atoms with Crippen molar-refractivity contribution in [1.82, 2.24) is 9.55 Å². The van der Waals surface area contributed by atoms with E-state index in [1.807, 2.05) is 6.20 Å². The minimum atomic E-state index is 0.906. The molecule has 0 unspecified atom stereocenters. The van der Waals surface area contributed by atoms with Gasteiger partial charge in [-0.15, -0.1) is 0 Å². The van der Waals surface area contributed by atoms with E-state index >= 15 is 0 Å². The lowest BCUT2D eigenvalue weighted by Crippen LogP contribution is -2.30. The number of pyridine rings is 1. The molecule has 1 aliphatic rings. The number of benzene rings is 1. The molecule has 0 bridgehead atoms. The zero-order chi connectivity index (χ0) is 16.5. The maximum Gasteiger partial charge on any atom is 0.153 e. The lowest BCUT2D eigenvalue weighted by atomic mass is 10.1. The number of hydrogen-bond donors (Lipinski definition) is 0. The van der Waals surface area contributed by atoms with Crippen LogP contribution in [0.5, 0.6) is 0 Å². The van der Waals surface area contributed by atoms with Crippen molar-refractivity contribution in [2.24, 2.45) is 0 Å². The van der Waals surface area contributed by atoms with Gasteiger partial charge < -0.3 is 9.47 Å². The zero-order valence-electron chi connectivity index (χ0n) is 14.6. The maximum atomic E-state index is 4.79. The van der Waals surface area contributed by atoms with Gasteiger partial charge in [0.15, 0.2) is 5.82 Å². The molecule has 0 spiro atoms. The van der Waals surface area contributed by atoms with Crippen LogP contribution in [0.15, 0.2) is 42.6 Å². The molecule has 0 atom stereocenters. The average Bonchev–Trinajstić information content (AvgIpc) is 2.88. The number of piperidine rings is 1. The van der Waals surface area contributed by atoms with Crippen LogP contribution in [-0.2, 0) is 6.54 Å². The van der Waals surface area contributed by atoms with Crippen LogP contribution < -0.4 is 4.90 Å². The molecule has 0 saturated carbocycles. The van der Waals surface area contributed by atoms with Crippen LogP contribution in [0.2, 0.25) is 0 Å². The van der Waals surface area contributed by atoms with Crippen molar-refractivity contribution < 1.29 is 0 Å². The highest BCUT2D eigenvalue weighted by atomic mass is 15.2. The van der Waals surface area contributed by atoms with E-state index in [2.05, 4.69) is 59.7 Å². The topological polar surface area (TPSA) is 21.1 Å². The van der Waals surface area contributed by atoms with Gasteiger partial charge in [-0.25, -0.2) is 4.98 Å². The maximum absolute atomic E-state index is 4.79. The normalized spacial score (nSPS) is 15.2. The Hall–Kier alpha value is -2.29. The monoisotopic (exact) mass is 319 g/mol. The summed E-state index contributed by atoms with van der Waals surface area (Å²) in [6.07, 6.45) is 5.87. The Balaban J connectivity index is 1.87. The van der Waals surface area contributed by atoms with Crippen LogP contribution in [0.1, 0.15) is 36.1 Å². The number of aryl methyl sites for hydroxylation is 1. The second-order valence-electron chi connectivity index (χ2n) is 6.86. The molecule has 124 valence electrons. The molecule has 3 nitrogen and oxygen atoms in total. The number of fused-ring (bicyclic) bond motifs is 1. The molecule has 3 heterocycles. The third-order valence-electron chi connectivity index (χ3n) is 5.37. The minimum Gasteiger partial charge on any atom is -0.355 e. The Morgan fingerprint density at radius 1 is 0.958 bits per heavy atom. The molecule has 0 amide bonds. The second-order valence-corrected chi connectivity index (χ2v) is 6.86. The summed E-state index contributed by atoms with van der Waals surface area (Å²) in [5, 5.41) is 1.35. The first-order valence-electron chi connectivity index (χ1n) is 8.99. The smallest absolute Gasteiger partial charge is 0.153 e. The van der Waals surface area contributed by atoms with E-state index in [9.17, 15) is 0 Å². The minimum absolute atomic E-state index is 0.906. The summed E-state index contributed by atoms with van der Waals surface area (Å²) in [5.74, 6) is 1.17. The zero-order valence-corrected chi connectivity index (χ0v) is 14.6. The Morgan fingerprint density at radius 2 is 1.71 bits per heavy atom. The first-order chi connectivity index (χ1) is 11.8. The third-order valence-corrected chi connectivity index (χ3v) is 5.37. The van der Waals surface area contributed by atoms with Crippen LogP contribution in [0.4, 0.5) is 5.82 Å². The van der Waals surface area contributed by atoms with Gasteiger partial charge in [0.25, 0.3) is 0 Å². The molecule has 0 radical (unpaired) electrons. The largest absolute Gasteiger partial charge is 0.355 e. The van der Waals surface area contributed by atoms with Crippen LogP contribution in [0, 0.1) is 13.8 Å². The highest BCUT2D eigenvalue weighted by Crippen LogP contribution is 2.33. The number of hydrogen-bond acceptors (Lipinski definition) is 2. The van der Waals surface area contributed by atoms with E-state index in [0.29, 0.717) is 0 Å². The van der Waals surface area contributed by atoms with Gasteiger partial charge in [0.05, 0.1) is 5.52 Å². The standard InChI is InChI=1S/C21H25N3/c1-16-17(2)24(15-18-9-5-3-6-10-18)20-19(16)11-12-22-21(20)23-13-7-4-8-14-23/h3,5-6,9-12H,4,7-8,13-15H2,1-2H3. The van der Waals surface area contributed by atoms with Crippen LogP contribution in [0.3, 0.4) is 0 Å². The number of rotatable bonds is 3. The molecule has 1 fully saturated rings. The Kier molecular flexibility index (Phi) is 4.01. The molecule has 3 heteroatoms. The summed E-state index contributed by atoms with van der Waals surface area (Å²) in [4.78, 5) is 7.27. The van der Waals surface area contributed by atoms with Crippen LogP contribution >= 0.6 is 0 Å². The SMILES string of the molecule is Cc1c(C)n(Cc2ccccc2)c2c(N3CCCCC3)nccc12. The van der Waals surface area contributed by atoms with Gasteiger partial charge in [-0.2, -0.15) is 0 Å². The van der Waals surface area contributed by atoms with Gasteiger partial charge in [0.2, 0.25) is 0 Å². The predicted octanol–water partition coefficient (Wildman–Crippen LogP) is 4.69. The van der Waals surface area contributed by atoms with Crippen molar-refractivity contribution in [3.63, 3.8) is 0 Å². The molecule has 1 aliphatic heterocycles. The highest BCUT2D eigenvalue weighted by Gasteiger charge is 2.20. The molecule has 4 rings (SSSR count). The highest BCUT2D eigenvalue weighted by molar-refractivity contribution is 5.93. The molecule has 24 heavy (non-hydrogen) atoms. The van der Waals surface area contributed by atoms with Crippen LogP contribution in [0.25, 0.3) is 10.9 Å². The predicted molar refractivity (Wildman–Crippen MR) is 101 cm³/mol. The summed E-state index contributed by atoms with van der Waals surface area (Å²) in [7, 11) is 0. The number of nitrogens with zero attached hydrogens (tertiary/aromatic N) is 3. The van der Waals surface area contributed by atoms with Gasteiger partial charge in [0.1, 0.15) is 0 Å². The van der Waals surface area contributed by atoms with Crippen molar-refractivity contribution in [1.29, 1.82) is 0 Å². The van der Waals surface area contributed by atoms with Gasteiger partial charge >= 0.3 is 0 Å². The molecule has 0 N–H and O–H groups in total. The first kappa shape index (κ1) is 15.3. The van der Waals surface area contributed by atoms with E-state index in [1.54, 1.807) is 0 Å². The van der Waals surface area contributed by atoms with Crippen LogP contribution in [-0.4, -0.2) is 22.6 Å². The second kappa shape index (κ2) is 6.31. The summed E-state index contributed by atoms with van der Waals surface area (Å²) in [6, 6.07) is 12.9. The van der Waals surface area contributed by atoms with Crippen molar-refractivity contribution in [2.75, 3.05) is 18.0 Å². The van der Waals surface area contributed by atoms with Gasteiger partial charge in [0, 0.05) is 36.9 Å². The van der Waals surface area contributed by atoms with Gasteiger partial charge in [-0.1, -0.05) is 30.3 Å². The molecule has 1 aromatic carbocycles. The molecular weight excluding hydrogens is 294 g/mol. The lowest BCUT2D eigenvalue weighted by molar-refractivity contribution is 0.574. The van der Waals surface area contributed by atoms with Crippen molar-refractivity contribution in [3.8, 4) is 0 Å². The van der Waals surface area contributed by atoms with E-state index in [-0.39, 0.29) is 0 Å². The summed E-state index contributed by atoms with van der Waals surface area (Å²) in [5.41, 5.74) is 5.37.